The fourth-order valence-corrected chi connectivity index (χ4v) is 2.36. The van der Waals surface area contributed by atoms with Gasteiger partial charge in [0.2, 0.25) is 10.7 Å². The number of nitrogens with one attached hydrogen (secondary N) is 1. The van der Waals surface area contributed by atoms with Crippen LogP contribution in [0, 0.1) is 0 Å². The van der Waals surface area contributed by atoms with Crippen LogP contribution in [-0.4, -0.2) is 10.5 Å². The molecule has 2 rings (SSSR count). The van der Waals surface area contributed by atoms with Crippen LogP contribution < -0.4 is 10.2 Å². The third kappa shape index (κ3) is 1.99. The standard InChI is InChI=1S/C11H13N3OS/c1-3-10(15)12-13-11-14(2)8-6-4-5-7-9(8)16-11/h4-7H,3H2,1-2H3,(H,12,15). The maximum Gasteiger partial charge on any atom is 0.239 e. The number of para-hydroxylation sites is 1. The van der Waals surface area contributed by atoms with Gasteiger partial charge in [0.25, 0.3) is 0 Å². The zero-order chi connectivity index (χ0) is 11.5. The summed E-state index contributed by atoms with van der Waals surface area (Å²) in [4.78, 5) is 11.9. The van der Waals surface area contributed by atoms with Crippen molar-refractivity contribution in [3.8, 4) is 0 Å². The molecule has 84 valence electrons. The summed E-state index contributed by atoms with van der Waals surface area (Å²) in [6.45, 7) is 1.80. The summed E-state index contributed by atoms with van der Waals surface area (Å²) in [5.41, 5.74) is 3.65. The first-order chi connectivity index (χ1) is 7.72. The number of aryl methyl sites for hydroxylation is 1. The Morgan fingerprint density at radius 2 is 2.25 bits per heavy atom. The summed E-state index contributed by atoms with van der Waals surface area (Å²) in [6, 6.07) is 8.06. The van der Waals surface area contributed by atoms with Crippen molar-refractivity contribution in [2.24, 2.45) is 12.1 Å². The molecule has 1 aromatic heterocycles. The number of amides is 1. The smallest absolute Gasteiger partial charge is 0.239 e. The molecule has 1 aromatic carbocycles. The van der Waals surface area contributed by atoms with Crippen LogP contribution in [0.3, 0.4) is 0 Å². The van der Waals surface area contributed by atoms with Crippen LogP contribution in [0.1, 0.15) is 13.3 Å². The van der Waals surface area contributed by atoms with Crippen molar-refractivity contribution < 1.29 is 4.79 Å². The van der Waals surface area contributed by atoms with Gasteiger partial charge in [0.05, 0.1) is 10.2 Å². The Bertz CT molecular complexity index is 582. The highest BCUT2D eigenvalue weighted by Gasteiger charge is 2.01. The molecule has 0 aliphatic rings. The van der Waals surface area contributed by atoms with Gasteiger partial charge in [0.15, 0.2) is 0 Å². The molecule has 16 heavy (non-hydrogen) atoms. The normalized spacial score (nSPS) is 12.0. The second-order valence-corrected chi connectivity index (χ2v) is 4.42. The van der Waals surface area contributed by atoms with E-state index in [1.165, 1.54) is 0 Å². The van der Waals surface area contributed by atoms with E-state index in [0.29, 0.717) is 6.42 Å². The Morgan fingerprint density at radius 3 is 2.94 bits per heavy atom. The zero-order valence-corrected chi connectivity index (χ0v) is 10.0. The van der Waals surface area contributed by atoms with Gasteiger partial charge in [-0.25, -0.2) is 5.43 Å². The van der Waals surface area contributed by atoms with Crippen molar-refractivity contribution in [2.75, 3.05) is 0 Å². The SMILES string of the molecule is CCC(=O)NN=c1sc2ccccc2n1C. The lowest BCUT2D eigenvalue weighted by Crippen LogP contribution is -2.22. The Hall–Kier alpha value is -1.62. The molecule has 0 aliphatic heterocycles. The minimum atomic E-state index is -0.0718. The number of nitrogens with zero attached hydrogens (tertiary/aromatic N) is 2. The molecule has 0 atom stereocenters. The van der Waals surface area contributed by atoms with Gasteiger partial charge in [0, 0.05) is 13.5 Å². The maximum absolute atomic E-state index is 11.1. The van der Waals surface area contributed by atoms with Crippen molar-refractivity contribution in [1.29, 1.82) is 0 Å². The zero-order valence-electron chi connectivity index (χ0n) is 9.23. The van der Waals surface area contributed by atoms with E-state index in [-0.39, 0.29) is 5.91 Å². The van der Waals surface area contributed by atoms with E-state index < -0.39 is 0 Å². The third-order valence-electron chi connectivity index (χ3n) is 2.31. The molecule has 2 aromatic rings. The second-order valence-electron chi connectivity index (χ2n) is 3.41. The van der Waals surface area contributed by atoms with Gasteiger partial charge in [-0.3, -0.25) is 4.79 Å². The van der Waals surface area contributed by atoms with Gasteiger partial charge in [-0.2, -0.15) is 0 Å². The van der Waals surface area contributed by atoms with E-state index in [1.54, 1.807) is 18.3 Å². The molecule has 5 heteroatoms. The third-order valence-corrected chi connectivity index (χ3v) is 3.43. The maximum atomic E-state index is 11.1. The Kier molecular flexibility index (Phi) is 3.05. The number of hydrogen-bond acceptors (Lipinski definition) is 3. The van der Waals surface area contributed by atoms with Crippen LogP contribution in [0.5, 0.6) is 0 Å². The summed E-state index contributed by atoms with van der Waals surface area (Å²) in [5.74, 6) is -0.0718. The van der Waals surface area contributed by atoms with Gasteiger partial charge >= 0.3 is 0 Å². The molecule has 1 N–H and O–H groups in total. The van der Waals surface area contributed by atoms with Crippen molar-refractivity contribution >= 4 is 27.5 Å². The molecular formula is C11H13N3OS. The molecule has 0 saturated heterocycles. The van der Waals surface area contributed by atoms with Gasteiger partial charge < -0.3 is 4.57 Å². The van der Waals surface area contributed by atoms with E-state index in [2.05, 4.69) is 10.5 Å². The van der Waals surface area contributed by atoms with Gasteiger partial charge in [-0.05, 0) is 12.1 Å². The van der Waals surface area contributed by atoms with E-state index in [9.17, 15) is 4.79 Å². The first-order valence-corrected chi connectivity index (χ1v) is 5.91. The quantitative estimate of drug-likeness (QED) is 0.789. The second kappa shape index (κ2) is 4.49. The van der Waals surface area contributed by atoms with Crippen molar-refractivity contribution in [1.82, 2.24) is 9.99 Å². The molecule has 0 fully saturated rings. The lowest BCUT2D eigenvalue weighted by Gasteiger charge is -1.95. The number of thiazole rings is 1. The first kappa shape index (κ1) is 10.9. The topological polar surface area (TPSA) is 46.4 Å². The number of benzene rings is 1. The van der Waals surface area contributed by atoms with Crippen LogP contribution in [0.2, 0.25) is 0 Å². The van der Waals surface area contributed by atoms with Crippen LogP contribution in [0.15, 0.2) is 29.4 Å². The average molecular weight is 235 g/mol. The summed E-state index contributed by atoms with van der Waals surface area (Å²) in [6.07, 6.45) is 0.443. The average Bonchev–Trinajstić information content (AvgIpc) is 2.64. The van der Waals surface area contributed by atoms with E-state index in [4.69, 9.17) is 0 Å². The fraction of sp³-hybridized carbons (Fsp3) is 0.273. The Balaban J connectivity index is 2.45. The largest absolute Gasteiger partial charge is 0.318 e. The number of rotatable bonds is 2. The summed E-state index contributed by atoms with van der Waals surface area (Å²) >= 11 is 1.56. The summed E-state index contributed by atoms with van der Waals surface area (Å²) in [5, 5.41) is 4.10. The van der Waals surface area contributed by atoms with E-state index in [1.807, 2.05) is 35.9 Å². The molecule has 0 unspecified atom stereocenters. The minimum absolute atomic E-state index is 0.0718. The van der Waals surface area contributed by atoms with Crippen LogP contribution in [-0.2, 0) is 11.8 Å². The molecule has 1 heterocycles. The molecule has 1 amide bonds. The van der Waals surface area contributed by atoms with Crippen LogP contribution in [0.4, 0.5) is 0 Å². The van der Waals surface area contributed by atoms with Crippen LogP contribution in [0.25, 0.3) is 10.2 Å². The molecule has 0 spiro atoms. The number of aromatic nitrogens is 1. The highest BCUT2D eigenvalue weighted by Crippen LogP contribution is 2.14. The monoisotopic (exact) mass is 235 g/mol. The van der Waals surface area contributed by atoms with E-state index in [0.717, 1.165) is 15.0 Å². The van der Waals surface area contributed by atoms with Gasteiger partial charge in [0.1, 0.15) is 0 Å². The predicted octanol–water partition coefficient (Wildman–Crippen LogP) is 1.58. The Morgan fingerprint density at radius 1 is 1.50 bits per heavy atom. The van der Waals surface area contributed by atoms with Gasteiger partial charge in [-0.15, -0.1) is 5.10 Å². The fourth-order valence-electron chi connectivity index (χ4n) is 1.38. The lowest BCUT2D eigenvalue weighted by molar-refractivity contribution is -0.120. The summed E-state index contributed by atoms with van der Waals surface area (Å²) in [7, 11) is 1.94. The lowest BCUT2D eigenvalue weighted by atomic mass is 10.3. The molecule has 0 radical (unpaired) electrons. The Labute approximate surface area is 97.2 Å². The number of carbonyl (C=O) groups excluding carboxylic acids is 1. The molecular weight excluding hydrogens is 222 g/mol. The van der Waals surface area contributed by atoms with Gasteiger partial charge in [-0.1, -0.05) is 30.4 Å². The number of carbonyl (C=O) groups is 1. The highest BCUT2D eigenvalue weighted by molar-refractivity contribution is 7.16. The summed E-state index contributed by atoms with van der Waals surface area (Å²) < 4.78 is 3.13. The molecule has 0 saturated carbocycles. The van der Waals surface area contributed by atoms with Crippen molar-refractivity contribution in [2.45, 2.75) is 13.3 Å². The highest BCUT2D eigenvalue weighted by atomic mass is 32.1. The number of fused-ring (bicyclic) bond motifs is 1. The van der Waals surface area contributed by atoms with Crippen LogP contribution >= 0.6 is 11.3 Å². The predicted molar refractivity (Wildman–Crippen MR) is 64.8 cm³/mol. The number of hydrogen-bond donors (Lipinski definition) is 1. The van der Waals surface area contributed by atoms with E-state index >= 15 is 0 Å². The molecule has 4 nitrogen and oxygen atoms in total. The minimum Gasteiger partial charge on any atom is -0.318 e. The molecule has 0 aliphatic carbocycles. The first-order valence-electron chi connectivity index (χ1n) is 5.09. The van der Waals surface area contributed by atoms with Crippen molar-refractivity contribution in [3.05, 3.63) is 29.1 Å². The van der Waals surface area contributed by atoms with Crippen molar-refractivity contribution in [3.63, 3.8) is 0 Å². The molecule has 0 bridgehead atoms.